The molecule has 1 amide bonds. The van der Waals surface area contributed by atoms with Crippen molar-refractivity contribution in [3.8, 4) is 0 Å². The number of benzene rings is 1. The van der Waals surface area contributed by atoms with E-state index in [4.69, 9.17) is 4.74 Å². The molecule has 2 unspecified atom stereocenters. The molecule has 8 heteroatoms. The van der Waals surface area contributed by atoms with E-state index in [1.54, 1.807) is 0 Å². The summed E-state index contributed by atoms with van der Waals surface area (Å²) in [7, 11) is 0. The predicted molar refractivity (Wildman–Crippen MR) is 105 cm³/mol. The molecule has 0 aromatic heterocycles. The summed E-state index contributed by atoms with van der Waals surface area (Å²) in [4.78, 5) is 13.1. The van der Waals surface area contributed by atoms with E-state index in [1.165, 1.54) is 4.90 Å². The van der Waals surface area contributed by atoms with Crippen LogP contribution in [0.2, 0.25) is 0 Å². The van der Waals surface area contributed by atoms with Gasteiger partial charge in [-0.3, -0.25) is 0 Å². The summed E-state index contributed by atoms with van der Waals surface area (Å²) in [5.74, 6) is 0. The van der Waals surface area contributed by atoms with E-state index < -0.39 is 24.2 Å². The molecule has 29 heavy (non-hydrogen) atoms. The highest BCUT2D eigenvalue weighted by Gasteiger charge is 2.46. The molecule has 1 heterocycles. The first-order valence-electron chi connectivity index (χ1n) is 9.81. The van der Waals surface area contributed by atoms with E-state index in [0.29, 0.717) is 19.4 Å². The minimum absolute atomic E-state index is 0.126. The molecule has 0 aliphatic carbocycles. The van der Waals surface area contributed by atoms with Gasteiger partial charge in [-0.2, -0.15) is 13.2 Å². The van der Waals surface area contributed by atoms with Crippen molar-refractivity contribution in [2.24, 2.45) is 10.8 Å². The van der Waals surface area contributed by atoms with Gasteiger partial charge in [0.15, 0.2) is 0 Å². The molecule has 0 radical (unpaired) electrons. The van der Waals surface area contributed by atoms with Crippen molar-refractivity contribution in [2.75, 3.05) is 26.2 Å². The Morgan fingerprint density at radius 3 is 2.48 bits per heavy atom. The van der Waals surface area contributed by atoms with Gasteiger partial charge in [0.25, 0.3) is 0 Å². The normalized spacial score (nSPS) is 23.2. The van der Waals surface area contributed by atoms with Crippen LogP contribution in [0.25, 0.3) is 0 Å². The van der Waals surface area contributed by atoms with Crippen molar-refractivity contribution >= 4 is 6.09 Å². The molecule has 0 spiro atoms. The van der Waals surface area contributed by atoms with Crippen LogP contribution in [0.5, 0.6) is 0 Å². The van der Waals surface area contributed by atoms with E-state index >= 15 is 0 Å². The van der Waals surface area contributed by atoms with Crippen molar-refractivity contribution in [2.45, 2.75) is 52.4 Å². The fourth-order valence-corrected chi connectivity index (χ4v) is 3.91. The maximum Gasteiger partial charge on any atom is 0.407 e. The lowest BCUT2D eigenvalue weighted by Gasteiger charge is -2.50. The van der Waals surface area contributed by atoms with Crippen LogP contribution in [0.4, 0.5) is 18.0 Å². The van der Waals surface area contributed by atoms with Crippen molar-refractivity contribution < 1.29 is 27.8 Å². The SMILES string of the molecule is CC(C)(C)C1CC(CNCC(F)(F)F)(COCc2ccccc2)CCN1C(=O)O. The molecule has 1 saturated heterocycles. The minimum Gasteiger partial charge on any atom is -0.465 e. The standard InChI is InChI=1S/C21H31F3N2O3/c1-19(2,3)17-11-20(9-10-26(17)18(27)28,13-25-14-21(22,23)24)15-29-12-16-7-5-4-6-8-16/h4-8,17,25H,9-15H2,1-3H3,(H,27,28). The fraction of sp³-hybridized carbons (Fsp3) is 0.667. The van der Waals surface area contributed by atoms with Crippen LogP contribution in [0.1, 0.15) is 39.2 Å². The number of carboxylic acid groups (broad SMARTS) is 1. The maximum absolute atomic E-state index is 12.7. The number of hydrogen-bond acceptors (Lipinski definition) is 3. The first-order valence-corrected chi connectivity index (χ1v) is 9.81. The monoisotopic (exact) mass is 416 g/mol. The number of alkyl halides is 3. The number of likely N-dealkylation sites (tertiary alicyclic amines) is 1. The Labute approximate surface area is 170 Å². The van der Waals surface area contributed by atoms with Gasteiger partial charge in [-0.15, -0.1) is 0 Å². The molecular formula is C21H31F3N2O3. The Balaban J connectivity index is 2.13. The number of carbonyl (C=O) groups is 1. The molecule has 0 bridgehead atoms. The number of ether oxygens (including phenoxy) is 1. The molecule has 1 aliphatic heterocycles. The average molecular weight is 416 g/mol. The van der Waals surface area contributed by atoms with Crippen LogP contribution < -0.4 is 5.32 Å². The number of rotatable bonds is 7. The van der Waals surface area contributed by atoms with Crippen molar-refractivity contribution in [3.05, 3.63) is 35.9 Å². The molecule has 1 aromatic rings. The summed E-state index contributed by atoms with van der Waals surface area (Å²) in [6.45, 7) is 5.84. The lowest BCUT2D eigenvalue weighted by molar-refractivity contribution is -0.127. The van der Waals surface area contributed by atoms with Crippen molar-refractivity contribution in [3.63, 3.8) is 0 Å². The number of nitrogens with one attached hydrogen (secondary N) is 1. The lowest BCUT2D eigenvalue weighted by Crippen LogP contribution is -2.58. The zero-order valence-electron chi connectivity index (χ0n) is 17.3. The summed E-state index contributed by atoms with van der Waals surface area (Å²) >= 11 is 0. The summed E-state index contributed by atoms with van der Waals surface area (Å²) in [6, 6.07) is 9.27. The minimum atomic E-state index is -4.29. The quantitative estimate of drug-likeness (QED) is 0.686. The van der Waals surface area contributed by atoms with Crippen LogP contribution >= 0.6 is 0 Å². The van der Waals surface area contributed by atoms with E-state index in [1.807, 2.05) is 51.1 Å². The molecule has 2 rings (SSSR count). The van der Waals surface area contributed by atoms with Gasteiger partial charge in [-0.25, -0.2) is 4.79 Å². The third-order valence-electron chi connectivity index (χ3n) is 5.48. The number of hydrogen-bond donors (Lipinski definition) is 2. The molecule has 2 N–H and O–H groups in total. The number of nitrogens with zero attached hydrogens (tertiary/aromatic N) is 1. The fourth-order valence-electron chi connectivity index (χ4n) is 3.91. The van der Waals surface area contributed by atoms with E-state index in [0.717, 1.165) is 5.56 Å². The highest BCUT2D eigenvalue weighted by atomic mass is 19.4. The van der Waals surface area contributed by atoms with Crippen molar-refractivity contribution in [1.29, 1.82) is 0 Å². The van der Waals surface area contributed by atoms with Gasteiger partial charge in [0, 0.05) is 24.5 Å². The number of halogens is 3. The molecule has 1 aliphatic rings. The van der Waals surface area contributed by atoms with Gasteiger partial charge in [0.1, 0.15) is 0 Å². The smallest absolute Gasteiger partial charge is 0.407 e. The molecule has 164 valence electrons. The topological polar surface area (TPSA) is 61.8 Å². The first-order chi connectivity index (χ1) is 13.4. The van der Waals surface area contributed by atoms with E-state index in [-0.39, 0.29) is 31.2 Å². The molecule has 1 aromatic carbocycles. The highest BCUT2D eigenvalue weighted by Crippen LogP contribution is 2.41. The van der Waals surface area contributed by atoms with Gasteiger partial charge in [-0.05, 0) is 23.8 Å². The third kappa shape index (κ3) is 7.19. The molecule has 0 saturated carbocycles. The van der Waals surface area contributed by atoms with Gasteiger partial charge in [0.2, 0.25) is 0 Å². The molecule has 1 fully saturated rings. The van der Waals surface area contributed by atoms with Crippen LogP contribution in [-0.4, -0.2) is 54.6 Å². The maximum atomic E-state index is 12.7. The zero-order chi connectivity index (χ0) is 21.7. The Morgan fingerprint density at radius 1 is 1.28 bits per heavy atom. The Kier molecular flexibility index (Phi) is 7.56. The molecule has 5 nitrogen and oxygen atoms in total. The van der Waals surface area contributed by atoms with E-state index in [9.17, 15) is 23.1 Å². The Morgan fingerprint density at radius 2 is 1.93 bits per heavy atom. The van der Waals surface area contributed by atoms with Gasteiger partial charge in [-0.1, -0.05) is 51.1 Å². The second-order valence-corrected chi connectivity index (χ2v) is 9.01. The summed E-state index contributed by atoms with van der Waals surface area (Å²) in [5.41, 5.74) is 0.0819. The second-order valence-electron chi connectivity index (χ2n) is 9.01. The lowest BCUT2D eigenvalue weighted by atomic mass is 9.69. The molecular weight excluding hydrogens is 385 g/mol. The summed E-state index contributed by atoms with van der Waals surface area (Å²) in [6.07, 6.45) is -4.39. The zero-order valence-corrected chi connectivity index (χ0v) is 17.3. The number of piperidine rings is 1. The Hall–Kier alpha value is -1.80. The summed E-state index contributed by atoms with van der Waals surface area (Å²) in [5, 5.41) is 12.1. The van der Waals surface area contributed by atoms with Gasteiger partial charge >= 0.3 is 12.3 Å². The van der Waals surface area contributed by atoms with Crippen LogP contribution in [0.15, 0.2) is 30.3 Å². The second kappa shape index (κ2) is 9.34. The van der Waals surface area contributed by atoms with E-state index in [2.05, 4.69) is 5.32 Å². The van der Waals surface area contributed by atoms with Crippen LogP contribution in [0.3, 0.4) is 0 Å². The summed E-state index contributed by atoms with van der Waals surface area (Å²) < 4.78 is 43.9. The van der Waals surface area contributed by atoms with Gasteiger partial charge in [0.05, 0.1) is 19.8 Å². The highest BCUT2D eigenvalue weighted by molar-refractivity contribution is 5.65. The Bertz CT molecular complexity index is 661. The van der Waals surface area contributed by atoms with Crippen LogP contribution in [0, 0.1) is 10.8 Å². The van der Waals surface area contributed by atoms with Crippen LogP contribution in [-0.2, 0) is 11.3 Å². The molecule has 2 atom stereocenters. The first kappa shape index (κ1) is 23.5. The number of amides is 1. The predicted octanol–water partition coefficient (Wildman–Crippen LogP) is 4.53. The van der Waals surface area contributed by atoms with Gasteiger partial charge < -0.3 is 20.1 Å². The third-order valence-corrected chi connectivity index (χ3v) is 5.48. The average Bonchev–Trinajstić information content (AvgIpc) is 2.60. The largest absolute Gasteiger partial charge is 0.465 e. The van der Waals surface area contributed by atoms with Crippen molar-refractivity contribution in [1.82, 2.24) is 10.2 Å².